The van der Waals surface area contributed by atoms with Gasteiger partial charge in [-0.15, -0.1) is 0 Å². The van der Waals surface area contributed by atoms with E-state index in [-0.39, 0.29) is 24.3 Å². The van der Waals surface area contributed by atoms with Crippen LogP contribution in [0.2, 0.25) is 5.02 Å². The molecule has 0 bridgehead atoms. The van der Waals surface area contributed by atoms with Crippen LogP contribution in [-0.4, -0.2) is 96.8 Å². The van der Waals surface area contributed by atoms with Crippen LogP contribution in [0.1, 0.15) is 51.8 Å². The third-order valence-electron chi connectivity index (χ3n) is 8.71. The van der Waals surface area contributed by atoms with E-state index in [1.54, 1.807) is 18.2 Å². The Hall–Kier alpha value is -5.12. The number of nitrogens with one attached hydrogen (secondary N) is 4. The highest BCUT2D eigenvalue weighted by molar-refractivity contribution is 7.17. The molecule has 2 saturated heterocycles. The number of thiazole rings is 1. The lowest BCUT2D eigenvalue weighted by molar-refractivity contribution is -0.134. The van der Waals surface area contributed by atoms with Crippen molar-refractivity contribution in [2.24, 2.45) is 0 Å². The van der Waals surface area contributed by atoms with E-state index >= 15 is 0 Å². The van der Waals surface area contributed by atoms with Crippen molar-refractivity contribution in [1.82, 2.24) is 30.5 Å². The van der Waals surface area contributed by atoms with E-state index in [4.69, 9.17) is 16.3 Å². The number of benzene rings is 2. The number of amides is 3. The largest absolute Gasteiger partial charge is 0.484 e. The molecule has 2 aromatic heterocycles. The van der Waals surface area contributed by atoms with Crippen molar-refractivity contribution in [3.8, 4) is 5.75 Å². The summed E-state index contributed by atoms with van der Waals surface area (Å²) in [6, 6.07) is 14.8. The number of aldehydes is 1. The molecule has 16 heteroatoms. The molecule has 6 rings (SSSR count). The minimum atomic E-state index is -0.399. The fourth-order valence-electron chi connectivity index (χ4n) is 6.00. The monoisotopic (exact) mass is 761 g/mol. The molecule has 53 heavy (non-hydrogen) atoms. The van der Waals surface area contributed by atoms with Gasteiger partial charge < -0.3 is 25.6 Å². The maximum Gasteiger partial charge on any atom is 0.257 e. The number of nitrogens with zero attached hydrogens (tertiary/aromatic N) is 5. The van der Waals surface area contributed by atoms with Gasteiger partial charge in [-0.2, -0.15) is 0 Å². The van der Waals surface area contributed by atoms with Crippen LogP contribution in [0.3, 0.4) is 0 Å². The minimum Gasteiger partial charge on any atom is -0.484 e. The molecule has 4 heterocycles. The zero-order valence-electron chi connectivity index (χ0n) is 30.0. The number of carbonyl (C=O) groups is 4. The highest BCUT2D eigenvalue weighted by Gasteiger charge is 2.28. The average molecular weight is 762 g/mol. The molecule has 1 unspecified atom stereocenters. The van der Waals surface area contributed by atoms with Gasteiger partial charge in [0.1, 0.15) is 23.2 Å². The van der Waals surface area contributed by atoms with Gasteiger partial charge >= 0.3 is 0 Å². The van der Waals surface area contributed by atoms with Crippen LogP contribution in [0.15, 0.2) is 54.7 Å². The quantitative estimate of drug-likeness (QED) is 0.0842. The lowest BCUT2D eigenvalue weighted by Gasteiger charge is -2.35. The van der Waals surface area contributed by atoms with E-state index in [2.05, 4.69) is 46.0 Å². The number of para-hydroxylation sites is 1. The van der Waals surface area contributed by atoms with Gasteiger partial charge in [-0.3, -0.25) is 29.4 Å². The van der Waals surface area contributed by atoms with Gasteiger partial charge in [0.25, 0.3) is 5.91 Å². The molecule has 280 valence electrons. The molecule has 0 radical (unpaired) electrons. The third kappa shape index (κ3) is 11.4. The van der Waals surface area contributed by atoms with Crippen molar-refractivity contribution in [1.29, 1.82) is 0 Å². The van der Waals surface area contributed by atoms with E-state index in [1.807, 2.05) is 51.2 Å². The predicted molar refractivity (Wildman–Crippen MR) is 207 cm³/mol. The van der Waals surface area contributed by atoms with Gasteiger partial charge in [0.2, 0.25) is 11.8 Å². The number of aryl methyl sites for hydroxylation is 2. The average Bonchev–Trinajstić information content (AvgIpc) is 3.60. The zero-order valence-corrected chi connectivity index (χ0v) is 31.6. The van der Waals surface area contributed by atoms with Crippen LogP contribution in [-0.2, 0) is 14.4 Å². The van der Waals surface area contributed by atoms with Gasteiger partial charge in [-0.05, 0) is 62.6 Å². The number of aromatic nitrogens is 3. The van der Waals surface area contributed by atoms with Gasteiger partial charge in [0, 0.05) is 52.3 Å². The first-order valence-electron chi connectivity index (χ1n) is 17.4. The molecule has 1 atom stereocenters. The van der Waals surface area contributed by atoms with Crippen molar-refractivity contribution in [3.05, 3.63) is 81.6 Å². The van der Waals surface area contributed by atoms with Crippen LogP contribution in [0.4, 0.5) is 22.5 Å². The summed E-state index contributed by atoms with van der Waals surface area (Å²) >= 11 is 7.14. The second-order valence-electron chi connectivity index (χ2n) is 12.5. The molecule has 2 fully saturated rings. The summed E-state index contributed by atoms with van der Waals surface area (Å²) in [5.74, 6) is 1.47. The molecule has 4 N–H and O–H groups in total. The standard InChI is InChI=1S/C29H34N8O5S.C8H10ClN/c1-19-32-24(34-29-31-16-22(17-38)43-29)15-25(33-19)37-12-10-36(11-13-37)9-3-8-30-27(40)18-42-21-5-2-4-20(14-21)23-6-7-26(39)35-28(23)41;1-6-4-3-5-7(9)8(6)10-2/h2,4-5,14-17,23H,3,6-13,18H2,1H3,(H,30,40)(H,35,39,41)(H,31,32,33,34);3-5,10H,1-2H3. The first kappa shape index (κ1) is 39.1. The van der Waals surface area contributed by atoms with Crippen molar-refractivity contribution >= 4 is 69.4 Å². The van der Waals surface area contributed by atoms with Gasteiger partial charge in [-0.1, -0.05) is 47.2 Å². The number of halogens is 1. The number of piperazine rings is 1. The Balaban J connectivity index is 0.000000469. The Bertz CT molecular complexity index is 1880. The Morgan fingerprint density at radius 2 is 1.89 bits per heavy atom. The van der Waals surface area contributed by atoms with E-state index in [9.17, 15) is 19.2 Å². The lowest BCUT2D eigenvalue weighted by Crippen LogP contribution is -2.47. The molecule has 2 aliphatic heterocycles. The smallest absolute Gasteiger partial charge is 0.257 e. The topological polar surface area (TPSA) is 171 Å². The molecular formula is C37H44ClN9O5S. The number of carbonyl (C=O) groups excluding carboxylic acids is 4. The molecule has 3 amide bonds. The highest BCUT2D eigenvalue weighted by Crippen LogP contribution is 2.28. The fourth-order valence-corrected chi connectivity index (χ4v) is 6.95. The fraction of sp³-hybridized carbons (Fsp3) is 0.378. The van der Waals surface area contributed by atoms with Crippen LogP contribution >= 0.6 is 22.9 Å². The zero-order chi connectivity index (χ0) is 37.7. The van der Waals surface area contributed by atoms with E-state index in [1.165, 1.54) is 23.1 Å². The molecule has 2 aromatic carbocycles. The van der Waals surface area contributed by atoms with E-state index in [0.29, 0.717) is 46.8 Å². The predicted octanol–water partition coefficient (Wildman–Crippen LogP) is 4.72. The lowest BCUT2D eigenvalue weighted by atomic mass is 9.90. The molecule has 14 nitrogen and oxygen atoms in total. The number of hydrogen-bond donors (Lipinski definition) is 4. The molecular weight excluding hydrogens is 718 g/mol. The van der Waals surface area contributed by atoms with E-state index in [0.717, 1.165) is 67.5 Å². The molecule has 4 aromatic rings. The van der Waals surface area contributed by atoms with Crippen molar-refractivity contribution < 1.29 is 23.9 Å². The van der Waals surface area contributed by atoms with E-state index < -0.39 is 5.92 Å². The summed E-state index contributed by atoms with van der Waals surface area (Å²) in [6.45, 7) is 8.56. The summed E-state index contributed by atoms with van der Waals surface area (Å²) in [4.78, 5) is 65.2. The number of imide groups is 1. The molecule has 2 aliphatic rings. The highest BCUT2D eigenvalue weighted by atomic mass is 35.5. The second-order valence-corrected chi connectivity index (χ2v) is 14.0. The Labute approximate surface area is 317 Å². The summed E-state index contributed by atoms with van der Waals surface area (Å²) in [5, 5.41) is 12.8. The summed E-state index contributed by atoms with van der Waals surface area (Å²) in [5.41, 5.74) is 2.96. The number of rotatable bonds is 13. The molecule has 0 spiro atoms. The van der Waals surface area contributed by atoms with Gasteiger partial charge in [-0.25, -0.2) is 15.0 Å². The number of anilines is 4. The first-order valence-corrected chi connectivity index (χ1v) is 18.6. The van der Waals surface area contributed by atoms with Crippen LogP contribution in [0.25, 0.3) is 0 Å². The van der Waals surface area contributed by atoms with Crippen molar-refractivity contribution in [3.63, 3.8) is 0 Å². The third-order valence-corrected chi connectivity index (χ3v) is 9.86. The number of piperidine rings is 1. The SMILES string of the molecule is CNc1c(C)cccc1Cl.Cc1nc(Nc2ncc(C=O)s2)cc(N2CCN(CCCNC(=O)COc3cccc(C4CCC(=O)NC4=O)c3)CC2)n1. The maximum absolute atomic E-state index is 12.3. The molecule has 0 aliphatic carbocycles. The van der Waals surface area contributed by atoms with Crippen LogP contribution in [0.5, 0.6) is 5.75 Å². The second kappa shape index (κ2) is 19.1. The van der Waals surface area contributed by atoms with Gasteiger partial charge in [0.15, 0.2) is 18.0 Å². The van der Waals surface area contributed by atoms with Crippen LogP contribution < -0.4 is 30.9 Å². The Morgan fingerprint density at radius 3 is 2.58 bits per heavy atom. The normalized spacial score (nSPS) is 15.8. The Morgan fingerprint density at radius 1 is 1.09 bits per heavy atom. The van der Waals surface area contributed by atoms with Gasteiger partial charge in [0.05, 0.1) is 27.7 Å². The van der Waals surface area contributed by atoms with Crippen molar-refractivity contribution in [2.45, 2.75) is 39.0 Å². The minimum absolute atomic E-state index is 0.118. The summed E-state index contributed by atoms with van der Waals surface area (Å²) in [7, 11) is 1.87. The number of hydrogen-bond acceptors (Lipinski definition) is 13. The first-order chi connectivity index (χ1) is 25.6. The van der Waals surface area contributed by atoms with Crippen LogP contribution in [0, 0.1) is 13.8 Å². The van der Waals surface area contributed by atoms with Crippen molar-refractivity contribution in [2.75, 3.05) is 68.5 Å². The number of ether oxygens (including phenoxy) is 1. The molecule has 0 saturated carbocycles. The summed E-state index contributed by atoms with van der Waals surface area (Å²) < 4.78 is 5.65. The summed E-state index contributed by atoms with van der Waals surface area (Å²) in [6.07, 6.45) is 3.88. The maximum atomic E-state index is 12.3. The Kier molecular flexibility index (Phi) is 14.1.